The summed E-state index contributed by atoms with van der Waals surface area (Å²) in [6.45, 7) is 1.79. The summed E-state index contributed by atoms with van der Waals surface area (Å²) in [7, 11) is 1.57. The van der Waals surface area contributed by atoms with Crippen molar-refractivity contribution in [2.75, 3.05) is 13.7 Å². The Morgan fingerprint density at radius 3 is 2.93 bits per heavy atom. The lowest BCUT2D eigenvalue weighted by atomic mass is 9.99. The van der Waals surface area contributed by atoms with Crippen LogP contribution < -0.4 is 9.47 Å². The van der Waals surface area contributed by atoms with Crippen LogP contribution in [-0.4, -0.2) is 39.4 Å². The van der Waals surface area contributed by atoms with E-state index in [1.54, 1.807) is 24.6 Å². The number of nitrogens with zero attached hydrogens (tertiary/aromatic N) is 3. The highest BCUT2D eigenvalue weighted by Gasteiger charge is 2.38. The van der Waals surface area contributed by atoms with Gasteiger partial charge >= 0.3 is 0 Å². The van der Waals surface area contributed by atoms with Gasteiger partial charge in [0.2, 0.25) is 5.88 Å². The minimum atomic E-state index is -1.00. The molecule has 144 valence electrons. The van der Waals surface area contributed by atoms with E-state index >= 15 is 0 Å². The molecule has 0 bridgehead atoms. The van der Waals surface area contributed by atoms with E-state index in [-0.39, 0.29) is 6.61 Å². The maximum atomic E-state index is 9.73. The second-order valence-corrected chi connectivity index (χ2v) is 8.08. The van der Waals surface area contributed by atoms with Crippen molar-refractivity contribution in [3.8, 4) is 34.5 Å². The predicted molar refractivity (Wildman–Crippen MR) is 112 cm³/mol. The normalized spacial score (nSPS) is 17.9. The Labute approximate surface area is 171 Å². The average Bonchev–Trinajstić information content (AvgIpc) is 3.34. The highest BCUT2D eigenvalue weighted by molar-refractivity contribution is 7.22. The molecule has 2 aromatic carbocycles. The molecule has 1 aliphatic heterocycles. The van der Waals surface area contributed by atoms with E-state index in [1.807, 2.05) is 25.1 Å². The van der Waals surface area contributed by atoms with E-state index in [1.165, 1.54) is 0 Å². The molecule has 0 saturated carbocycles. The molecule has 0 aliphatic carbocycles. The standard InChI is InChI=1S/C22H17N3O3S/c1-4-22(11-26)9-14-17(28-22)6-5-15-20(14)29-21(25-15)13-7-12(2)8-16-19(13)23-10-18(24-16)27-3/h1,5-8,10,26H,9,11H2,2-3H3/t22-/m0/s1. The first-order valence-corrected chi connectivity index (χ1v) is 9.89. The molecule has 1 aliphatic rings. The zero-order chi connectivity index (χ0) is 20.2. The molecule has 4 aromatic rings. The third-order valence-corrected chi connectivity index (χ3v) is 6.28. The van der Waals surface area contributed by atoms with Crippen LogP contribution in [0, 0.1) is 19.3 Å². The van der Waals surface area contributed by atoms with Crippen LogP contribution in [-0.2, 0) is 6.42 Å². The van der Waals surface area contributed by atoms with Gasteiger partial charge in [-0.25, -0.2) is 15.0 Å². The van der Waals surface area contributed by atoms with Crippen LogP contribution >= 0.6 is 11.3 Å². The lowest BCUT2D eigenvalue weighted by molar-refractivity contribution is 0.0782. The summed E-state index contributed by atoms with van der Waals surface area (Å²) in [6.07, 6.45) is 7.70. The van der Waals surface area contributed by atoms with Gasteiger partial charge in [0.25, 0.3) is 0 Å². The molecule has 2 aromatic heterocycles. The highest BCUT2D eigenvalue weighted by atomic mass is 32.1. The molecular formula is C22H17N3O3S. The van der Waals surface area contributed by atoms with E-state index < -0.39 is 5.60 Å². The number of fused-ring (bicyclic) bond motifs is 4. The first-order valence-electron chi connectivity index (χ1n) is 9.07. The molecule has 0 saturated heterocycles. The van der Waals surface area contributed by atoms with Gasteiger partial charge in [-0.05, 0) is 36.8 Å². The number of aliphatic hydroxyl groups excluding tert-OH is 1. The number of ether oxygens (including phenoxy) is 2. The third kappa shape index (κ3) is 2.72. The fraction of sp³-hybridized carbons (Fsp3) is 0.227. The van der Waals surface area contributed by atoms with E-state index in [2.05, 4.69) is 22.0 Å². The summed E-state index contributed by atoms with van der Waals surface area (Å²) in [5.74, 6) is 3.78. The second-order valence-electron chi connectivity index (χ2n) is 7.08. The van der Waals surface area contributed by atoms with Crippen LogP contribution in [0.3, 0.4) is 0 Å². The van der Waals surface area contributed by atoms with Gasteiger partial charge in [0.05, 0.1) is 41.2 Å². The number of terminal acetylenes is 1. The lowest BCUT2D eigenvalue weighted by Crippen LogP contribution is -2.36. The van der Waals surface area contributed by atoms with Gasteiger partial charge in [0, 0.05) is 17.5 Å². The first-order chi connectivity index (χ1) is 14.1. The number of methoxy groups -OCH3 is 1. The Kier molecular flexibility index (Phi) is 3.95. The molecule has 7 heteroatoms. The number of hydrogen-bond donors (Lipinski definition) is 1. The summed E-state index contributed by atoms with van der Waals surface area (Å²) in [4.78, 5) is 13.9. The quantitative estimate of drug-likeness (QED) is 0.528. The van der Waals surface area contributed by atoms with Crippen molar-refractivity contribution in [1.29, 1.82) is 0 Å². The van der Waals surface area contributed by atoms with Crippen LogP contribution in [0.5, 0.6) is 11.6 Å². The number of thiazole rings is 1. The molecule has 1 atom stereocenters. The predicted octanol–water partition coefficient (Wildman–Crippen LogP) is 3.52. The van der Waals surface area contributed by atoms with Gasteiger partial charge in [-0.3, -0.25) is 0 Å². The Morgan fingerprint density at radius 2 is 2.17 bits per heavy atom. The molecule has 0 radical (unpaired) electrons. The molecule has 5 rings (SSSR count). The lowest BCUT2D eigenvalue weighted by Gasteiger charge is -2.19. The smallest absolute Gasteiger partial charge is 0.232 e. The monoisotopic (exact) mass is 403 g/mol. The van der Waals surface area contributed by atoms with Crippen molar-refractivity contribution in [1.82, 2.24) is 15.0 Å². The number of rotatable bonds is 3. The number of hydrogen-bond acceptors (Lipinski definition) is 7. The van der Waals surface area contributed by atoms with Gasteiger partial charge in [0.15, 0.2) is 5.60 Å². The molecule has 3 heterocycles. The van der Waals surface area contributed by atoms with E-state index in [9.17, 15) is 5.11 Å². The van der Waals surface area contributed by atoms with Gasteiger partial charge in [0.1, 0.15) is 10.8 Å². The van der Waals surface area contributed by atoms with E-state index in [4.69, 9.17) is 20.9 Å². The Hall–Kier alpha value is -3.21. The van der Waals surface area contributed by atoms with Crippen molar-refractivity contribution in [3.63, 3.8) is 0 Å². The molecule has 6 nitrogen and oxygen atoms in total. The van der Waals surface area contributed by atoms with Crippen molar-refractivity contribution in [3.05, 3.63) is 41.6 Å². The Morgan fingerprint density at radius 1 is 1.31 bits per heavy atom. The number of aryl methyl sites for hydroxylation is 1. The molecule has 0 fully saturated rings. The van der Waals surface area contributed by atoms with E-state index in [0.29, 0.717) is 18.1 Å². The minimum absolute atomic E-state index is 0.231. The van der Waals surface area contributed by atoms with Crippen LogP contribution in [0.1, 0.15) is 11.1 Å². The average molecular weight is 403 g/mol. The maximum absolute atomic E-state index is 9.73. The van der Waals surface area contributed by atoms with Gasteiger partial charge in [-0.2, -0.15) is 0 Å². The first kappa shape index (κ1) is 17.9. The van der Waals surface area contributed by atoms with Gasteiger partial charge < -0.3 is 14.6 Å². The number of benzene rings is 2. The molecular weight excluding hydrogens is 386 g/mol. The zero-order valence-electron chi connectivity index (χ0n) is 15.9. The molecule has 0 unspecified atom stereocenters. The number of aromatic nitrogens is 3. The molecule has 0 amide bonds. The van der Waals surface area contributed by atoms with Crippen molar-refractivity contribution in [2.45, 2.75) is 18.9 Å². The van der Waals surface area contributed by atoms with Gasteiger partial charge in [-0.15, -0.1) is 17.8 Å². The molecule has 29 heavy (non-hydrogen) atoms. The summed E-state index contributed by atoms with van der Waals surface area (Å²) >= 11 is 1.57. The third-order valence-electron chi connectivity index (χ3n) is 5.11. The summed E-state index contributed by atoms with van der Waals surface area (Å²) in [5.41, 5.74) is 4.38. The fourth-order valence-corrected chi connectivity index (χ4v) is 4.78. The molecule has 0 spiro atoms. The Balaban J connectivity index is 1.70. The van der Waals surface area contributed by atoms with Crippen molar-refractivity contribution < 1.29 is 14.6 Å². The Bertz CT molecular complexity index is 1320. The van der Waals surface area contributed by atoms with Crippen LogP contribution in [0.15, 0.2) is 30.5 Å². The fourth-order valence-electron chi connectivity index (χ4n) is 3.66. The highest BCUT2D eigenvalue weighted by Crippen LogP contribution is 2.43. The topological polar surface area (TPSA) is 77.4 Å². The largest absolute Gasteiger partial charge is 0.480 e. The van der Waals surface area contributed by atoms with Crippen LogP contribution in [0.25, 0.3) is 31.8 Å². The van der Waals surface area contributed by atoms with Crippen molar-refractivity contribution in [2.24, 2.45) is 0 Å². The van der Waals surface area contributed by atoms with Crippen LogP contribution in [0.2, 0.25) is 0 Å². The second kappa shape index (κ2) is 6.41. The van der Waals surface area contributed by atoms with E-state index in [0.717, 1.165) is 42.9 Å². The minimum Gasteiger partial charge on any atom is -0.480 e. The summed E-state index contributed by atoms with van der Waals surface area (Å²) < 4.78 is 12.1. The van der Waals surface area contributed by atoms with Crippen molar-refractivity contribution >= 4 is 32.6 Å². The zero-order valence-corrected chi connectivity index (χ0v) is 16.7. The SMILES string of the molecule is C#C[C@@]1(CO)Cc2c(ccc3nc(-c4cc(C)cc5nc(OC)cnc45)sc23)O1. The summed E-state index contributed by atoms with van der Waals surface area (Å²) in [5, 5.41) is 10.6. The number of aliphatic hydroxyl groups is 1. The maximum Gasteiger partial charge on any atom is 0.232 e. The summed E-state index contributed by atoms with van der Waals surface area (Å²) in [6, 6.07) is 7.84. The van der Waals surface area contributed by atoms with Gasteiger partial charge in [-0.1, -0.05) is 5.92 Å². The van der Waals surface area contributed by atoms with Crippen LogP contribution in [0.4, 0.5) is 0 Å². The molecule has 1 N–H and O–H groups in total.